The maximum atomic E-state index is 12.0. The summed E-state index contributed by atoms with van der Waals surface area (Å²) in [6.45, 7) is 2.54. The predicted octanol–water partition coefficient (Wildman–Crippen LogP) is 4.97. The summed E-state index contributed by atoms with van der Waals surface area (Å²) in [7, 11) is 1.60. The second kappa shape index (κ2) is 11.8. The van der Waals surface area contributed by atoms with Crippen LogP contribution in [-0.2, 0) is 17.2 Å². The molecule has 3 aromatic rings. The molecule has 0 bridgehead atoms. The van der Waals surface area contributed by atoms with Gasteiger partial charge >= 0.3 is 0 Å². The Labute approximate surface area is 187 Å². The van der Waals surface area contributed by atoms with Crippen LogP contribution in [0.15, 0.2) is 77.9 Å². The fourth-order valence-corrected chi connectivity index (χ4v) is 3.75. The number of hydrogen-bond donors (Lipinski definition) is 1. The SMILES string of the molecule is COc1cc(/C=N/NC(=O)CSCc2ccccc2C)ccc1OCc1ccccc1. The molecule has 0 radical (unpaired) electrons. The summed E-state index contributed by atoms with van der Waals surface area (Å²) in [6.07, 6.45) is 1.59. The Morgan fingerprint density at radius 1 is 1.03 bits per heavy atom. The smallest absolute Gasteiger partial charge is 0.250 e. The number of methoxy groups -OCH3 is 1. The van der Waals surface area contributed by atoms with Crippen molar-refractivity contribution in [2.45, 2.75) is 19.3 Å². The second-order valence-electron chi connectivity index (χ2n) is 6.90. The van der Waals surface area contributed by atoms with Crippen molar-refractivity contribution in [2.24, 2.45) is 5.10 Å². The number of carbonyl (C=O) groups excluding carboxylic acids is 1. The molecule has 5 nitrogen and oxygen atoms in total. The molecule has 0 aromatic heterocycles. The molecular formula is C25H26N2O3S. The molecule has 6 heteroatoms. The summed E-state index contributed by atoms with van der Waals surface area (Å²) >= 11 is 1.56. The summed E-state index contributed by atoms with van der Waals surface area (Å²) in [5, 5.41) is 4.05. The molecule has 3 aromatic carbocycles. The van der Waals surface area contributed by atoms with Gasteiger partial charge in [-0.1, -0.05) is 54.6 Å². The largest absolute Gasteiger partial charge is 0.493 e. The normalized spacial score (nSPS) is 10.8. The van der Waals surface area contributed by atoms with Crippen molar-refractivity contribution in [3.05, 3.63) is 95.1 Å². The van der Waals surface area contributed by atoms with E-state index in [1.807, 2.05) is 60.7 Å². The summed E-state index contributed by atoms with van der Waals surface area (Å²) in [6, 6.07) is 23.7. The maximum absolute atomic E-state index is 12.0. The van der Waals surface area contributed by atoms with Crippen LogP contribution in [0.3, 0.4) is 0 Å². The zero-order valence-electron chi connectivity index (χ0n) is 17.7. The number of hydrazone groups is 1. The Morgan fingerprint density at radius 2 is 1.81 bits per heavy atom. The predicted molar refractivity (Wildman–Crippen MR) is 127 cm³/mol. The summed E-state index contributed by atoms with van der Waals surface area (Å²) in [4.78, 5) is 12.0. The van der Waals surface area contributed by atoms with Gasteiger partial charge in [-0.3, -0.25) is 4.79 Å². The monoisotopic (exact) mass is 434 g/mol. The Balaban J connectivity index is 1.47. The van der Waals surface area contributed by atoms with E-state index < -0.39 is 0 Å². The number of amides is 1. The van der Waals surface area contributed by atoms with Crippen LogP contribution in [0.5, 0.6) is 11.5 Å². The van der Waals surface area contributed by atoms with E-state index in [-0.39, 0.29) is 5.91 Å². The Bertz CT molecular complexity index is 1020. The van der Waals surface area contributed by atoms with Crippen molar-refractivity contribution in [3.8, 4) is 11.5 Å². The summed E-state index contributed by atoms with van der Waals surface area (Å²) < 4.78 is 11.3. The highest BCUT2D eigenvalue weighted by molar-refractivity contribution is 7.99. The minimum Gasteiger partial charge on any atom is -0.493 e. The van der Waals surface area contributed by atoms with Gasteiger partial charge in [-0.05, 0) is 47.4 Å². The molecule has 0 saturated carbocycles. The molecule has 1 amide bonds. The third-order valence-electron chi connectivity index (χ3n) is 4.58. The zero-order chi connectivity index (χ0) is 21.9. The van der Waals surface area contributed by atoms with Gasteiger partial charge in [-0.25, -0.2) is 5.43 Å². The standard InChI is InChI=1S/C25H26N2O3S/c1-19-8-6-7-11-22(19)17-31-18-25(28)27-26-15-21-12-13-23(24(14-21)29-2)30-16-20-9-4-3-5-10-20/h3-15H,16-18H2,1-2H3,(H,27,28)/b26-15+. The molecule has 0 atom stereocenters. The molecule has 0 heterocycles. The van der Waals surface area contributed by atoms with Gasteiger partial charge < -0.3 is 9.47 Å². The van der Waals surface area contributed by atoms with Crippen LogP contribution in [0, 0.1) is 6.92 Å². The summed E-state index contributed by atoms with van der Waals surface area (Å²) in [5.74, 6) is 2.27. The lowest BCUT2D eigenvalue weighted by atomic mass is 10.1. The quantitative estimate of drug-likeness (QED) is 0.362. The van der Waals surface area contributed by atoms with E-state index in [1.54, 1.807) is 25.1 Å². The number of rotatable bonds is 10. The molecule has 0 spiro atoms. The van der Waals surface area contributed by atoms with Crippen molar-refractivity contribution in [3.63, 3.8) is 0 Å². The van der Waals surface area contributed by atoms with Crippen LogP contribution in [-0.4, -0.2) is 25.0 Å². The first-order valence-corrected chi connectivity index (χ1v) is 11.1. The molecule has 0 aliphatic rings. The van der Waals surface area contributed by atoms with Crippen LogP contribution in [0.1, 0.15) is 22.3 Å². The minimum atomic E-state index is -0.135. The molecule has 3 rings (SSSR count). The third kappa shape index (κ3) is 7.19. The topological polar surface area (TPSA) is 59.9 Å². The maximum Gasteiger partial charge on any atom is 0.250 e. The minimum absolute atomic E-state index is 0.135. The van der Waals surface area contributed by atoms with Gasteiger partial charge in [0.25, 0.3) is 0 Å². The van der Waals surface area contributed by atoms with E-state index >= 15 is 0 Å². The van der Waals surface area contributed by atoms with Crippen LogP contribution in [0.4, 0.5) is 0 Å². The van der Waals surface area contributed by atoms with Crippen LogP contribution in [0.2, 0.25) is 0 Å². The highest BCUT2D eigenvalue weighted by Gasteiger charge is 2.06. The highest BCUT2D eigenvalue weighted by atomic mass is 32.2. The molecule has 0 aliphatic heterocycles. The number of nitrogens with zero attached hydrogens (tertiary/aromatic N) is 1. The number of thioether (sulfide) groups is 1. The Kier molecular flexibility index (Phi) is 8.55. The average Bonchev–Trinajstić information content (AvgIpc) is 2.80. The highest BCUT2D eigenvalue weighted by Crippen LogP contribution is 2.28. The first kappa shape index (κ1) is 22.4. The number of aryl methyl sites for hydroxylation is 1. The average molecular weight is 435 g/mol. The molecule has 0 unspecified atom stereocenters. The number of carbonyl (C=O) groups is 1. The molecule has 160 valence electrons. The van der Waals surface area contributed by atoms with Crippen molar-refractivity contribution >= 4 is 23.9 Å². The van der Waals surface area contributed by atoms with Crippen molar-refractivity contribution in [1.29, 1.82) is 0 Å². The van der Waals surface area contributed by atoms with Crippen LogP contribution < -0.4 is 14.9 Å². The number of nitrogens with one attached hydrogen (secondary N) is 1. The van der Waals surface area contributed by atoms with Gasteiger partial charge in [-0.2, -0.15) is 5.10 Å². The molecular weight excluding hydrogens is 408 g/mol. The van der Waals surface area contributed by atoms with Crippen molar-refractivity contribution in [1.82, 2.24) is 5.43 Å². The molecule has 1 N–H and O–H groups in total. The van der Waals surface area contributed by atoms with Gasteiger partial charge in [0.05, 0.1) is 19.1 Å². The molecule has 0 aliphatic carbocycles. The van der Waals surface area contributed by atoms with E-state index in [2.05, 4.69) is 29.6 Å². The lowest BCUT2D eigenvalue weighted by molar-refractivity contribution is -0.118. The third-order valence-corrected chi connectivity index (χ3v) is 5.56. The van der Waals surface area contributed by atoms with Gasteiger partial charge in [0.2, 0.25) is 5.91 Å². The zero-order valence-corrected chi connectivity index (χ0v) is 18.5. The van der Waals surface area contributed by atoms with E-state index in [4.69, 9.17) is 9.47 Å². The van der Waals surface area contributed by atoms with Gasteiger partial charge in [0.15, 0.2) is 11.5 Å². The Hall–Kier alpha value is -3.25. The Morgan fingerprint density at radius 3 is 2.58 bits per heavy atom. The summed E-state index contributed by atoms with van der Waals surface area (Å²) in [5.41, 5.74) is 6.93. The van der Waals surface area contributed by atoms with Gasteiger partial charge in [-0.15, -0.1) is 11.8 Å². The van der Waals surface area contributed by atoms with E-state index in [1.165, 1.54) is 11.1 Å². The number of benzene rings is 3. The first-order valence-electron chi connectivity index (χ1n) is 9.94. The first-order chi connectivity index (χ1) is 15.2. The van der Waals surface area contributed by atoms with E-state index in [0.29, 0.717) is 23.9 Å². The lowest BCUT2D eigenvalue weighted by Gasteiger charge is -2.11. The van der Waals surface area contributed by atoms with Gasteiger partial charge in [0, 0.05) is 5.75 Å². The molecule has 0 fully saturated rings. The van der Waals surface area contributed by atoms with Gasteiger partial charge in [0.1, 0.15) is 6.61 Å². The van der Waals surface area contributed by atoms with Crippen molar-refractivity contribution in [2.75, 3.05) is 12.9 Å². The van der Waals surface area contributed by atoms with E-state index in [0.717, 1.165) is 16.9 Å². The van der Waals surface area contributed by atoms with Crippen LogP contribution >= 0.6 is 11.8 Å². The molecule has 0 saturated heterocycles. The number of ether oxygens (including phenoxy) is 2. The number of hydrogen-bond acceptors (Lipinski definition) is 5. The molecule has 31 heavy (non-hydrogen) atoms. The fourth-order valence-electron chi connectivity index (χ4n) is 2.86. The fraction of sp³-hybridized carbons (Fsp3) is 0.200. The van der Waals surface area contributed by atoms with Crippen molar-refractivity contribution < 1.29 is 14.3 Å². The lowest BCUT2D eigenvalue weighted by Crippen LogP contribution is -2.19. The second-order valence-corrected chi connectivity index (χ2v) is 7.88. The van der Waals surface area contributed by atoms with Crippen LogP contribution in [0.25, 0.3) is 0 Å². The van der Waals surface area contributed by atoms with E-state index in [9.17, 15) is 4.79 Å².